The van der Waals surface area contributed by atoms with E-state index in [1.54, 1.807) is 16.2 Å². The highest BCUT2D eigenvalue weighted by Crippen LogP contribution is 2.13. The lowest BCUT2D eigenvalue weighted by Gasteiger charge is -2.33. The number of aryl methyl sites for hydroxylation is 1. The molecule has 110 valence electrons. The molecule has 0 spiro atoms. The van der Waals surface area contributed by atoms with Crippen molar-refractivity contribution in [2.24, 2.45) is 0 Å². The summed E-state index contributed by atoms with van der Waals surface area (Å²) in [5, 5.41) is 15.7. The average molecular weight is 297 g/mol. The smallest absolute Gasteiger partial charge is 0.317 e. The summed E-state index contributed by atoms with van der Waals surface area (Å²) >= 11 is 1.63. The van der Waals surface area contributed by atoms with Crippen LogP contribution in [0.2, 0.25) is 0 Å². The zero-order valence-corrected chi connectivity index (χ0v) is 12.3. The Hall–Kier alpha value is -1.60. The fourth-order valence-electron chi connectivity index (χ4n) is 2.15. The van der Waals surface area contributed by atoms with Crippen LogP contribution in [0.25, 0.3) is 0 Å². The lowest BCUT2D eigenvalue weighted by Crippen LogP contribution is -2.52. The van der Waals surface area contributed by atoms with Gasteiger partial charge in [-0.05, 0) is 28.8 Å². The Morgan fingerprint density at radius 1 is 1.30 bits per heavy atom. The van der Waals surface area contributed by atoms with Gasteiger partial charge in [-0.2, -0.15) is 11.3 Å². The number of nitrogens with zero attached hydrogens (tertiary/aromatic N) is 2. The number of nitrogens with one attached hydrogen (secondary N) is 1. The lowest BCUT2D eigenvalue weighted by atomic mass is 10.2. The molecule has 1 fully saturated rings. The Balaban J connectivity index is 1.74. The second kappa shape index (κ2) is 6.71. The molecule has 2 N–H and O–H groups in total. The minimum absolute atomic E-state index is 0.0452. The second-order valence-corrected chi connectivity index (χ2v) is 5.64. The number of urea groups is 1. The van der Waals surface area contributed by atoms with E-state index in [-0.39, 0.29) is 12.6 Å². The third-order valence-electron chi connectivity index (χ3n) is 3.41. The molecule has 1 aliphatic rings. The number of amides is 2. The first kappa shape index (κ1) is 14.8. The van der Waals surface area contributed by atoms with Crippen molar-refractivity contribution in [1.82, 2.24) is 15.1 Å². The minimum atomic E-state index is -0.823. The number of rotatable bonds is 4. The molecular formula is C13H19N3O3S. The number of hydrogen-bond acceptors (Lipinski definition) is 4. The number of carboxylic acids is 1. The molecule has 2 rings (SSSR count). The van der Waals surface area contributed by atoms with Gasteiger partial charge in [-0.25, -0.2) is 4.79 Å². The van der Waals surface area contributed by atoms with Crippen molar-refractivity contribution in [3.05, 3.63) is 21.9 Å². The first-order valence-corrected chi connectivity index (χ1v) is 7.49. The topological polar surface area (TPSA) is 72.9 Å². The number of carbonyl (C=O) groups is 2. The third kappa shape index (κ3) is 3.94. The monoisotopic (exact) mass is 297 g/mol. The maximum atomic E-state index is 12.0. The van der Waals surface area contributed by atoms with Gasteiger partial charge < -0.3 is 15.3 Å². The summed E-state index contributed by atoms with van der Waals surface area (Å²) in [5.41, 5.74) is 2.34. The van der Waals surface area contributed by atoms with Gasteiger partial charge in [-0.15, -0.1) is 0 Å². The molecule has 1 saturated heterocycles. The Morgan fingerprint density at radius 2 is 2.00 bits per heavy atom. The SMILES string of the molecule is Cc1cscc1CNC(=O)N1CCN(CC(=O)O)CC1. The molecule has 0 bridgehead atoms. The molecule has 2 amide bonds. The molecule has 20 heavy (non-hydrogen) atoms. The van der Waals surface area contributed by atoms with Gasteiger partial charge >= 0.3 is 12.0 Å². The van der Waals surface area contributed by atoms with Crippen LogP contribution in [0, 0.1) is 6.92 Å². The molecule has 0 aromatic carbocycles. The predicted octanol–water partition coefficient (Wildman–Crippen LogP) is 0.968. The molecule has 6 nitrogen and oxygen atoms in total. The van der Waals surface area contributed by atoms with Gasteiger partial charge in [0.05, 0.1) is 6.54 Å². The van der Waals surface area contributed by atoms with Gasteiger partial charge in [0.1, 0.15) is 0 Å². The highest BCUT2D eigenvalue weighted by Gasteiger charge is 2.22. The largest absolute Gasteiger partial charge is 0.480 e. The second-order valence-electron chi connectivity index (χ2n) is 4.90. The molecule has 0 radical (unpaired) electrons. The maximum Gasteiger partial charge on any atom is 0.317 e. The summed E-state index contributed by atoms with van der Waals surface area (Å²) in [7, 11) is 0. The van der Waals surface area contributed by atoms with Crippen LogP contribution in [0.15, 0.2) is 10.8 Å². The van der Waals surface area contributed by atoms with E-state index in [1.165, 1.54) is 5.56 Å². The van der Waals surface area contributed by atoms with Crippen LogP contribution in [0.5, 0.6) is 0 Å². The summed E-state index contributed by atoms with van der Waals surface area (Å²) in [6.07, 6.45) is 0. The summed E-state index contributed by atoms with van der Waals surface area (Å²) in [4.78, 5) is 26.2. The Labute approximate surface area is 122 Å². The maximum absolute atomic E-state index is 12.0. The van der Waals surface area contributed by atoms with Gasteiger partial charge in [0, 0.05) is 32.7 Å². The molecule has 1 aromatic rings. The van der Waals surface area contributed by atoms with Crippen LogP contribution in [0.4, 0.5) is 4.79 Å². The molecule has 1 aliphatic heterocycles. The molecular weight excluding hydrogens is 278 g/mol. The van der Waals surface area contributed by atoms with Crippen molar-refractivity contribution < 1.29 is 14.7 Å². The highest BCUT2D eigenvalue weighted by molar-refractivity contribution is 7.08. The summed E-state index contributed by atoms with van der Waals surface area (Å²) in [6.45, 7) is 4.98. The molecule has 0 unspecified atom stereocenters. The number of aliphatic carboxylic acids is 1. The van der Waals surface area contributed by atoms with Gasteiger partial charge in [0.2, 0.25) is 0 Å². The van der Waals surface area contributed by atoms with Crippen molar-refractivity contribution >= 4 is 23.3 Å². The van der Waals surface area contributed by atoms with E-state index in [9.17, 15) is 9.59 Å². The van der Waals surface area contributed by atoms with Gasteiger partial charge in [-0.1, -0.05) is 0 Å². The fourth-order valence-corrected chi connectivity index (χ4v) is 3.01. The average Bonchev–Trinajstić information content (AvgIpc) is 2.82. The Morgan fingerprint density at radius 3 is 2.55 bits per heavy atom. The van der Waals surface area contributed by atoms with Crippen molar-refractivity contribution in [2.45, 2.75) is 13.5 Å². The quantitative estimate of drug-likeness (QED) is 0.868. The zero-order chi connectivity index (χ0) is 14.5. The zero-order valence-electron chi connectivity index (χ0n) is 11.5. The van der Waals surface area contributed by atoms with Crippen LogP contribution in [-0.2, 0) is 11.3 Å². The summed E-state index contributed by atoms with van der Waals surface area (Å²) in [5.74, 6) is -0.823. The molecule has 7 heteroatoms. The number of carboxylic acid groups (broad SMARTS) is 1. The van der Waals surface area contributed by atoms with E-state index in [1.807, 2.05) is 17.2 Å². The lowest BCUT2D eigenvalue weighted by molar-refractivity contribution is -0.138. The van der Waals surface area contributed by atoms with Crippen LogP contribution >= 0.6 is 11.3 Å². The van der Waals surface area contributed by atoms with Crippen LogP contribution < -0.4 is 5.32 Å². The summed E-state index contributed by atoms with van der Waals surface area (Å²) in [6, 6.07) is -0.0782. The highest BCUT2D eigenvalue weighted by atomic mass is 32.1. The third-order valence-corrected chi connectivity index (χ3v) is 4.32. The number of thiophene rings is 1. The van der Waals surface area contributed by atoms with Crippen LogP contribution in [-0.4, -0.2) is 59.6 Å². The normalized spacial score (nSPS) is 16.1. The van der Waals surface area contributed by atoms with Crippen molar-refractivity contribution in [1.29, 1.82) is 0 Å². The van der Waals surface area contributed by atoms with E-state index >= 15 is 0 Å². The van der Waals surface area contributed by atoms with E-state index in [4.69, 9.17) is 5.11 Å². The van der Waals surface area contributed by atoms with Crippen molar-refractivity contribution in [2.75, 3.05) is 32.7 Å². The molecule has 0 aliphatic carbocycles. The van der Waals surface area contributed by atoms with Gasteiger partial charge in [-0.3, -0.25) is 9.69 Å². The van der Waals surface area contributed by atoms with E-state index in [0.29, 0.717) is 32.7 Å². The van der Waals surface area contributed by atoms with Gasteiger partial charge in [0.25, 0.3) is 0 Å². The predicted molar refractivity (Wildman–Crippen MR) is 76.9 cm³/mol. The van der Waals surface area contributed by atoms with E-state index in [0.717, 1.165) is 5.56 Å². The standard InChI is InChI=1S/C13H19N3O3S/c1-10-8-20-9-11(10)6-14-13(19)16-4-2-15(3-5-16)7-12(17)18/h8-9H,2-7H2,1H3,(H,14,19)(H,17,18). The molecule has 0 saturated carbocycles. The van der Waals surface area contributed by atoms with E-state index in [2.05, 4.69) is 10.7 Å². The Bertz CT molecular complexity index is 481. The van der Waals surface area contributed by atoms with E-state index < -0.39 is 5.97 Å². The van der Waals surface area contributed by atoms with Crippen LogP contribution in [0.1, 0.15) is 11.1 Å². The fraction of sp³-hybridized carbons (Fsp3) is 0.538. The summed E-state index contributed by atoms with van der Waals surface area (Å²) < 4.78 is 0. The molecule has 1 aromatic heterocycles. The van der Waals surface area contributed by atoms with Crippen molar-refractivity contribution in [3.8, 4) is 0 Å². The first-order chi connectivity index (χ1) is 9.56. The number of piperazine rings is 1. The number of hydrogen-bond donors (Lipinski definition) is 2. The van der Waals surface area contributed by atoms with Gasteiger partial charge in [0.15, 0.2) is 0 Å². The van der Waals surface area contributed by atoms with Crippen molar-refractivity contribution in [3.63, 3.8) is 0 Å². The molecule has 0 atom stereocenters. The molecule has 2 heterocycles. The minimum Gasteiger partial charge on any atom is -0.480 e. The Kier molecular flexibility index (Phi) is 4.97. The first-order valence-electron chi connectivity index (χ1n) is 6.55. The number of carbonyl (C=O) groups excluding carboxylic acids is 1. The van der Waals surface area contributed by atoms with Crippen LogP contribution in [0.3, 0.4) is 0 Å².